The number of furan rings is 1. The second kappa shape index (κ2) is 6.41. The lowest BCUT2D eigenvalue weighted by Crippen LogP contribution is -2.56. The van der Waals surface area contributed by atoms with Crippen molar-refractivity contribution in [1.82, 2.24) is 10.2 Å². The number of urea groups is 1. The molecule has 1 atom stereocenters. The molecular formula is C15H16N3O4S+. The van der Waals surface area contributed by atoms with Gasteiger partial charge in [0.1, 0.15) is 11.5 Å². The monoisotopic (exact) mass is 334 g/mol. The number of hydrogen-bond donors (Lipinski definition) is 1. The molecule has 23 heavy (non-hydrogen) atoms. The number of thioether (sulfide) groups is 1. The van der Waals surface area contributed by atoms with E-state index in [1.54, 1.807) is 30.5 Å². The first kappa shape index (κ1) is 15.5. The normalized spacial score (nSPS) is 20.2. The van der Waals surface area contributed by atoms with Gasteiger partial charge in [-0.2, -0.15) is 14.3 Å². The molecule has 4 amide bonds. The number of carbonyl (C=O) groups is 3. The zero-order valence-corrected chi connectivity index (χ0v) is 13.3. The maximum Gasteiger partial charge on any atom is 0.501 e. The molecule has 8 heteroatoms. The van der Waals surface area contributed by atoms with Crippen molar-refractivity contribution in [3.8, 4) is 0 Å². The van der Waals surface area contributed by atoms with Gasteiger partial charge in [-0.1, -0.05) is 0 Å². The first-order valence-corrected chi connectivity index (χ1v) is 8.17. The first-order chi connectivity index (χ1) is 11.1. The van der Waals surface area contributed by atoms with Gasteiger partial charge in [0.25, 0.3) is 5.91 Å². The summed E-state index contributed by atoms with van der Waals surface area (Å²) in [6, 6.07) is 3.04. The maximum absolute atomic E-state index is 12.4. The minimum Gasteiger partial charge on any atom is -0.467 e. The average Bonchev–Trinajstić information content (AvgIpc) is 3.21. The van der Waals surface area contributed by atoms with E-state index in [9.17, 15) is 14.4 Å². The molecule has 0 aliphatic carbocycles. The van der Waals surface area contributed by atoms with E-state index >= 15 is 0 Å². The topological polar surface area (TPSA) is 82.6 Å². The summed E-state index contributed by atoms with van der Waals surface area (Å²) < 4.78 is 6.51. The molecular weight excluding hydrogens is 318 g/mol. The van der Waals surface area contributed by atoms with E-state index in [4.69, 9.17) is 4.42 Å². The number of hydrogen-bond acceptors (Lipinski definition) is 5. The fourth-order valence-corrected chi connectivity index (χ4v) is 3.47. The van der Waals surface area contributed by atoms with Crippen molar-refractivity contribution in [3.05, 3.63) is 35.6 Å². The van der Waals surface area contributed by atoms with Gasteiger partial charge < -0.3 is 9.73 Å². The van der Waals surface area contributed by atoms with E-state index in [2.05, 4.69) is 5.32 Å². The molecule has 0 fully saturated rings. The number of allylic oxidation sites excluding steroid dienone is 1. The molecule has 0 saturated carbocycles. The Kier molecular flexibility index (Phi) is 4.33. The molecule has 0 aromatic carbocycles. The van der Waals surface area contributed by atoms with Gasteiger partial charge in [-0.25, -0.2) is 4.79 Å². The molecule has 0 saturated heterocycles. The van der Waals surface area contributed by atoms with Crippen molar-refractivity contribution in [1.29, 1.82) is 0 Å². The van der Waals surface area contributed by atoms with Crippen LogP contribution in [0.25, 0.3) is 0 Å². The highest BCUT2D eigenvalue weighted by Crippen LogP contribution is 2.27. The lowest BCUT2D eigenvalue weighted by atomic mass is 10.2. The second-order valence-corrected chi connectivity index (χ2v) is 6.07. The van der Waals surface area contributed by atoms with E-state index in [0.717, 1.165) is 0 Å². The molecule has 0 bridgehead atoms. The van der Waals surface area contributed by atoms with Crippen molar-refractivity contribution in [3.63, 3.8) is 0 Å². The third-order valence-corrected chi connectivity index (χ3v) is 4.65. The summed E-state index contributed by atoms with van der Waals surface area (Å²) in [6.45, 7) is 2.16. The largest absolute Gasteiger partial charge is 0.501 e. The number of nitrogens with one attached hydrogen (secondary N) is 1. The second-order valence-electron chi connectivity index (χ2n) is 5.05. The highest BCUT2D eigenvalue weighted by Gasteiger charge is 2.48. The van der Waals surface area contributed by atoms with E-state index in [0.29, 0.717) is 11.5 Å². The number of amides is 4. The summed E-state index contributed by atoms with van der Waals surface area (Å²) in [5.74, 6) is 0.0991. The van der Waals surface area contributed by atoms with Crippen LogP contribution in [0.3, 0.4) is 0 Å². The summed E-state index contributed by atoms with van der Waals surface area (Å²) in [4.78, 5) is 38.0. The molecule has 1 aromatic heterocycles. The summed E-state index contributed by atoms with van der Waals surface area (Å²) in [5.41, 5.74) is 0.572. The fraction of sp³-hybridized carbons (Fsp3) is 0.333. The summed E-state index contributed by atoms with van der Waals surface area (Å²) in [6.07, 6.45) is 3.25. The van der Waals surface area contributed by atoms with Crippen molar-refractivity contribution < 1.29 is 23.4 Å². The zero-order chi connectivity index (χ0) is 16.4. The van der Waals surface area contributed by atoms with Crippen LogP contribution in [0.5, 0.6) is 0 Å². The molecule has 0 spiro atoms. The number of fused-ring (bicyclic) bond motifs is 1. The van der Waals surface area contributed by atoms with Crippen LogP contribution >= 0.6 is 11.8 Å². The Bertz CT molecular complexity index is 708. The Morgan fingerprint density at radius 3 is 3.00 bits per heavy atom. The van der Waals surface area contributed by atoms with Gasteiger partial charge in [0, 0.05) is 0 Å². The van der Waals surface area contributed by atoms with Gasteiger partial charge in [-0.3, -0.25) is 4.79 Å². The third kappa shape index (κ3) is 2.94. The number of imide groups is 1. The highest BCUT2D eigenvalue weighted by atomic mass is 32.2. The van der Waals surface area contributed by atoms with Gasteiger partial charge in [0.15, 0.2) is 11.8 Å². The predicted octanol–water partition coefficient (Wildman–Crippen LogP) is 0.960. The van der Waals surface area contributed by atoms with Crippen LogP contribution in [0.2, 0.25) is 0 Å². The van der Waals surface area contributed by atoms with Crippen molar-refractivity contribution in [2.24, 2.45) is 0 Å². The highest BCUT2D eigenvalue weighted by molar-refractivity contribution is 8.04. The van der Waals surface area contributed by atoms with E-state index in [1.165, 1.54) is 27.5 Å². The van der Waals surface area contributed by atoms with Crippen molar-refractivity contribution in [2.45, 2.75) is 18.7 Å². The molecule has 1 aromatic rings. The SMILES string of the molecule is CCN1C(=O)C2SC=CC2=[N+](CC(=O)NCc2ccco2)C1=O. The van der Waals surface area contributed by atoms with Gasteiger partial charge in [0.2, 0.25) is 0 Å². The quantitative estimate of drug-likeness (QED) is 0.811. The average molecular weight is 334 g/mol. The lowest BCUT2D eigenvalue weighted by molar-refractivity contribution is -0.426. The first-order valence-electron chi connectivity index (χ1n) is 7.22. The van der Waals surface area contributed by atoms with E-state index in [1.807, 2.05) is 0 Å². The Hall–Kier alpha value is -2.35. The minimum atomic E-state index is -0.455. The molecule has 7 nitrogen and oxygen atoms in total. The summed E-state index contributed by atoms with van der Waals surface area (Å²) in [7, 11) is 0. The van der Waals surface area contributed by atoms with Crippen LogP contribution in [-0.2, 0) is 16.1 Å². The van der Waals surface area contributed by atoms with Gasteiger partial charge in [0.05, 0.1) is 19.4 Å². The number of nitrogens with zero attached hydrogens (tertiary/aromatic N) is 2. The van der Waals surface area contributed by atoms with Crippen LogP contribution < -0.4 is 5.32 Å². The zero-order valence-electron chi connectivity index (χ0n) is 12.5. The van der Waals surface area contributed by atoms with Crippen LogP contribution in [-0.4, -0.2) is 51.4 Å². The smallest absolute Gasteiger partial charge is 0.467 e. The molecule has 2 aliphatic rings. The molecule has 2 aliphatic heterocycles. The Labute approximate surface area is 137 Å². The van der Waals surface area contributed by atoms with Gasteiger partial charge in [-0.15, -0.1) is 11.8 Å². The van der Waals surface area contributed by atoms with Crippen LogP contribution in [0.1, 0.15) is 12.7 Å². The molecule has 1 N–H and O–H groups in total. The van der Waals surface area contributed by atoms with Crippen LogP contribution in [0, 0.1) is 0 Å². The number of rotatable bonds is 5. The molecule has 3 heterocycles. The Morgan fingerprint density at radius 2 is 2.30 bits per heavy atom. The Morgan fingerprint density at radius 1 is 1.48 bits per heavy atom. The van der Waals surface area contributed by atoms with Gasteiger partial charge >= 0.3 is 11.9 Å². The standard InChI is InChI=1S/C15H15N3O4S/c1-2-17-14(20)13-11(5-7-23-13)18(15(17)21)9-12(19)16-8-10-4-3-6-22-10/h3-7,13H,2,8-9H2,1H3/p+1. The Balaban J connectivity index is 1.75. The fourth-order valence-electron chi connectivity index (χ4n) is 2.50. The molecule has 1 unspecified atom stereocenters. The molecule has 0 radical (unpaired) electrons. The third-order valence-electron chi connectivity index (χ3n) is 3.64. The summed E-state index contributed by atoms with van der Waals surface area (Å²) >= 11 is 1.35. The van der Waals surface area contributed by atoms with E-state index in [-0.39, 0.29) is 31.4 Å². The van der Waals surface area contributed by atoms with Crippen molar-refractivity contribution in [2.75, 3.05) is 13.1 Å². The minimum absolute atomic E-state index is 0.125. The molecule has 3 rings (SSSR count). The number of carbonyl (C=O) groups excluding carboxylic acids is 3. The molecule has 120 valence electrons. The van der Waals surface area contributed by atoms with Gasteiger partial charge in [-0.05, 0) is 30.5 Å². The van der Waals surface area contributed by atoms with Crippen LogP contribution in [0.4, 0.5) is 4.79 Å². The van der Waals surface area contributed by atoms with Crippen LogP contribution in [0.15, 0.2) is 34.3 Å². The van der Waals surface area contributed by atoms with E-state index < -0.39 is 11.3 Å². The van der Waals surface area contributed by atoms with Crippen molar-refractivity contribution >= 4 is 35.3 Å². The maximum atomic E-state index is 12.4. The predicted molar refractivity (Wildman–Crippen MR) is 84.0 cm³/mol. The lowest BCUT2D eigenvalue weighted by Gasteiger charge is -2.23. The summed E-state index contributed by atoms with van der Waals surface area (Å²) in [5, 5.41) is 4.04.